The van der Waals surface area contributed by atoms with Crippen LogP contribution in [0.15, 0.2) is 6.07 Å². The van der Waals surface area contributed by atoms with Crippen LogP contribution in [0, 0.1) is 5.38 Å². The van der Waals surface area contributed by atoms with Crippen molar-refractivity contribution in [3.05, 3.63) is 16.6 Å². The Bertz CT molecular complexity index is 158. The van der Waals surface area contributed by atoms with Crippen LogP contribution in [0.1, 0.15) is 0 Å². The Morgan fingerprint density at radius 1 is 1.90 bits per heavy atom. The quantitative estimate of drug-likeness (QED) is 0.299. The Labute approximate surface area is 89.5 Å². The predicted octanol–water partition coefficient (Wildman–Crippen LogP) is -1.70. The number of nitrogens with zero attached hydrogens (tertiary/aromatic N) is 1. The number of carboxylic acid groups (broad SMARTS) is 1. The summed E-state index contributed by atoms with van der Waals surface area (Å²) in [7, 11) is 0. The fraction of sp³-hybridized carbons (Fsp3) is 0. The van der Waals surface area contributed by atoms with Crippen LogP contribution in [-0.4, -0.2) is 16.0 Å². The Kier molecular flexibility index (Phi) is 12.2. The van der Waals surface area contributed by atoms with Crippen molar-refractivity contribution in [2.45, 2.75) is 0 Å². The van der Waals surface area contributed by atoms with Gasteiger partial charge < -0.3 is 5.11 Å². The van der Waals surface area contributed by atoms with Crippen LogP contribution in [0.2, 0.25) is 5.15 Å². The molecular formula is C4H3ClNNaO2S. The van der Waals surface area contributed by atoms with Gasteiger partial charge in [0.05, 0.1) is 0 Å². The fourth-order valence-electron chi connectivity index (χ4n) is 0.171. The molecule has 10 heavy (non-hydrogen) atoms. The van der Waals surface area contributed by atoms with Gasteiger partial charge in [-0.05, 0) is 5.15 Å². The first-order valence-corrected chi connectivity index (χ1v) is 3.02. The maximum absolute atomic E-state index is 8.36. The molecule has 1 rings (SSSR count). The normalized spacial score (nSPS) is 6.50. The molecule has 1 aromatic rings. The van der Waals surface area contributed by atoms with Crippen LogP contribution in [-0.2, 0) is 4.79 Å². The third-order valence-corrected chi connectivity index (χ3v) is 1.17. The van der Waals surface area contributed by atoms with E-state index in [0.717, 1.165) is 0 Å². The largest absolute Gasteiger partial charge is 1.00 e. The number of rotatable bonds is 0. The second kappa shape index (κ2) is 9.39. The Morgan fingerprint density at radius 3 is 2.50 bits per heavy atom. The van der Waals surface area contributed by atoms with Crippen molar-refractivity contribution in [1.82, 2.24) is 4.37 Å². The molecule has 6 heteroatoms. The molecule has 0 unspecified atom stereocenters. The third kappa shape index (κ3) is 8.39. The molecule has 0 aliphatic carbocycles. The minimum atomic E-state index is -0.250. The van der Waals surface area contributed by atoms with E-state index < -0.39 is 0 Å². The van der Waals surface area contributed by atoms with Crippen LogP contribution in [0.5, 0.6) is 0 Å². The first-order chi connectivity index (χ1) is 4.31. The number of hydrogen-bond acceptors (Lipinski definition) is 3. The molecule has 1 aromatic heterocycles. The van der Waals surface area contributed by atoms with E-state index in [2.05, 4.69) is 9.75 Å². The summed E-state index contributed by atoms with van der Waals surface area (Å²) in [6, 6.07) is 1.63. The SMILES string of the molecule is Clc1c[c-]sn1.O=CO.[Na+]. The van der Waals surface area contributed by atoms with E-state index in [1.54, 1.807) is 6.07 Å². The smallest absolute Gasteiger partial charge is 0.483 e. The standard InChI is InChI=1S/C3HClNS.CH2O2.Na/c4-3-1-2-6-5-3;2-1-3;/h1H;1H,(H,2,3);/q-1;;+1. The second-order valence-corrected chi connectivity index (χ2v) is 1.86. The summed E-state index contributed by atoms with van der Waals surface area (Å²) in [5.41, 5.74) is 0. The zero-order valence-corrected chi connectivity index (χ0v) is 8.82. The van der Waals surface area contributed by atoms with Crippen molar-refractivity contribution in [1.29, 1.82) is 0 Å². The van der Waals surface area contributed by atoms with Gasteiger partial charge >= 0.3 is 29.6 Å². The van der Waals surface area contributed by atoms with E-state index in [9.17, 15) is 0 Å². The average molecular weight is 188 g/mol. The van der Waals surface area contributed by atoms with Gasteiger partial charge in [-0.1, -0.05) is 0 Å². The van der Waals surface area contributed by atoms with Gasteiger partial charge in [0.1, 0.15) is 0 Å². The van der Waals surface area contributed by atoms with E-state index in [0.29, 0.717) is 5.15 Å². The predicted molar refractivity (Wildman–Crippen MR) is 34.7 cm³/mol. The third-order valence-electron chi connectivity index (χ3n) is 0.364. The monoisotopic (exact) mass is 187 g/mol. The topological polar surface area (TPSA) is 50.2 Å². The summed E-state index contributed by atoms with van der Waals surface area (Å²) in [5, 5.41) is 10.1. The molecule has 1 N–H and O–H groups in total. The van der Waals surface area contributed by atoms with Gasteiger partial charge in [-0.3, -0.25) is 9.17 Å². The molecule has 0 saturated carbocycles. The molecule has 50 valence electrons. The van der Waals surface area contributed by atoms with Crippen molar-refractivity contribution in [3.8, 4) is 0 Å². The van der Waals surface area contributed by atoms with Crippen molar-refractivity contribution >= 4 is 29.6 Å². The molecule has 0 fully saturated rings. The molecular weight excluding hydrogens is 185 g/mol. The zero-order chi connectivity index (χ0) is 7.11. The van der Waals surface area contributed by atoms with Gasteiger partial charge in [-0.15, -0.1) is 0 Å². The molecule has 3 nitrogen and oxygen atoms in total. The van der Waals surface area contributed by atoms with Crippen LogP contribution in [0.25, 0.3) is 0 Å². The molecule has 0 aromatic carbocycles. The Hall–Kier alpha value is 0.390. The molecule has 0 saturated heterocycles. The van der Waals surface area contributed by atoms with Crippen molar-refractivity contribution in [2.24, 2.45) is 0 Å². The number of aromatic nitrogens is 1. The minimum absolute atomic E-state index is 0. The second-order valence-electron chi connectivity index (χ2n) is 0.873. The van der Waals surface area contributed by atoms with Crippen LogP contribution < -0.4 is 29.6 Å². The first-order valence-electron chi connectivity index (χ1n) is 1.87. The van der Waals surface area contributed by atoms with Gasteiger partial charge in [0.2, 0.25) is 0 Å². The maximum atomic E-state index is 8.36. The van der Waals surface area contributed by atoms with Crippen LogP contribution in [0.4, 0.5) is 0 Å². The van der Waals surface area contributed by atoms with Gasteiger partial charge in [0, 0.05) is 0 Å². The van der Waals surface area contributed by atoms with Crippen molar-refractivity contribution in [2.75, 3.05) is 0 Å². The summed E-state index contributed by atoms with van der Waals surface area (Å²) >= 11 is 6.56. The molecule has 0 radical (unpaired) electrons. The number of halogens is 1. The summed E-state index contributed by atoms with van der Waals surface area (Å²) in [5.74, 6) is 0. The molecule has 0 spiro atoms. The summed E-state index contributed by atoms with van der Waals surface area (Å²) in [6.07, 6.45) is 0. The van der Waals surface area contributed by atoms with E-state index in [-0.39, 0.29) is 36.0 Å². The van der Waals surface area contributed by atoms with Crippen molar-refractivity contribution < 1.29 is 39.5 Å². The molecule has 0 aliphatic heterocycles. The average Bonchev–Trinajstić information content (AvgIpc) is 2.20. The van der Waals surface area contributed by atoms with Crippen molar-refractivity contribution in [3.63, 3.8) is 0 Å². The number of hydrogen-bond donors (Lipinski definition) is 1. The van der Waals surface area contributed by atoms with Gasteiger partial charge in [-0.25, -0.2) is 0 Å². The molecule has 0 aliphatic rings. The van der Waals surface area contributed by atoms with Gasteiger partial charge in [-0.2, -0.15) is 34.6 Å². The molecule has 0 atom stereocenters. The first kappa shape index (κ1) is 13.0. The zero-order valence-electron chi connectivity index (χ0n) is 5.24. The van der Waals surface area contributed by atoms with E-state index in [1.807, 2.05) is 0 Å². The minimum Gasteiger partial charge on any atom is -0.483 e. The van der Waals surface area contributed by atoms with E-state index >= 15 is 0 Å². The van der Waals surface area contributed by atoms with E-state index in [4.69, 9.17) is 21.5 Å². The summed E-state index contributed by atoms with van der Waals surface area (Å²) in [4.78, 5) is 8.36. The van der Waals surface area contributed by atoms with Crippen LogP contribution in [0.3, 0.4) is 0 Å². The molecule has 0 bridgehead atoms. The fourth-order valence-corrected chi connectivity index (χ4v) is 0.751. The Morgan fingerprint density at radius 2 is 2.40 bits per heavy atom. The summed E-state index contributed by atoms with van der Waals surface area (Å²) in [6.45, 7) is -0.250. The molecule has 1 heterocycles. The summed E-state index contributed by atoms with van der Waals surface area (Å²) < 4.78 is 3.67. The number of carbonyl (C=O) groups is 1. The maximum Gasteiger partial charge on any atom is 1.00 e. The van der Waals surface area contributed by atoms with Crippen LogP contribution >= 0.6 is 23.1 Å². The van der Waals surface area contributed by atoms with Gasteiger partial charge in [0.15, 0.2) is 0 Å². The Balaban J connectivity index is 0. The van der Waals surface area contributed by atoms with Gasteiger partial charge in [0.25, 0.3) is 6.47 Å². The van der Waals surface area contributed by atoms with E-state index in [1.165, 1.54) is 11.5 Å². The molecule has 0 amide bonds.